The summed E-state index contributed by atoms with van der Waals surface area (Å²) < 4.78 is 0. The molecule has 0 radical (unpaired) electrons. The van der Waals surface area contributed by atoms with Crippen LogP contribution in [0.2, 0.25) is 0 Å². The number of nitrogens with one attached hydrogen (secondary N) is 1. The number of hydrogen-bond acceptors (Lipinski definition) is 1. The van der Waals surface area contributed by atoms with Gasteiger partial charge in [-0.2, -0.15) is 0 Å². The van der Waals surface area contributed by atoms with Gasteiger partial charge in [0.25, 0.3) is 0 Å². The minimum absolute atomic E-state index is 0. The number of halogens is 1. The summed E-state index contributed by atoms with van der Waals surface area (Å²) in [7, 11) is 0. The third-order valence-electron chi connectivity index (χ3n) is 4.57. The van der Waals surface area contributed by atoms with E-state index in [0.29, 0.717) is 12.1 Å². The van der Waals surface area contributed by atoms with Crippen LogP contribution in [-0.2, 0) is 6.42 Å². The number of hydrogen-bond donors (Lipinski definition) is 1. The normalized spacial score (nSPS) is 26.7. The van der Waals surface area contributed by atoms with Gasteiger partial charge in [0, 0.05) is 18.0 Å². The largest absolute Gasteiger partial charge is 0.307 e. The van der Waals surface area contributed by atoms with Gasteiger partial charge < -0.3 is 5.32 Å². The lowest BCUT2D eigenvalue weighted by molar-refractivity contribution is 0.521. The van der Waals surface area contributed by atoms with Crippen LogP contribution in [0, 0.1) is 0 Å². The Morgan fingerprint density at radius 2 is 1.65 bits per heavy atom. The first-order chi connectivity index (χ1) is 9.42. The molecule has 1 saturated carbocycles. The molecule has 0 amide bonds. The molecular weight excluding hydrogens is 266 g/mol. The van der Waals surface area contributed by atoms with Crippen LogP contribution in [0.15, 0.2) is 54.6 Å². The molecule has 2 heteroatoms. The van der Waals surface area contributed by atoms with Crippen molar-refractivity contribution in [1.82, 2.24) is 5.32 Å². The van der Waals surface area contributed by atoms with Gasteiger partial charge in [0.1, 0.15) is 0 Å². The Bertz CT molecular complexity index is 581. The van der Waals surface area contributed by atoms with Gasteiger partial charge in [-0.25, -0.2) is 0 Å². The van der Waals surface area contributed by atoms with E-state index >= 15 is 0 Å². The van der Waals surface area contributed by atoms with Crippen LogP contribution in [0.5, 0.6) is 0 Å². The summed E-state index contributed by atoms with van der Waals surface area (Å²) in [4.78, 5) is 0. The van der Waals surface area contributed by atoms with Gasteiger partial charge in [-0.3, -0.25) is 0 Å². The SMILES string of the molecule is Cl.c1ccc(C2CC2NC2CCc3ccccc32)cc1. The molecule has 20 heavy (non-hydrogen) atoms. The third-order valence-corrected chi connectivity index (χ3v) is 4.57. The lowest BCUT2D eigenvalue weighted by Gasteiger charge is -2.14. The summed E-state index contributed by atoms with van der Waals surface area (Å²) in [6, 6.07) is 21.1. The average Bonchev–Trinajstić information content (AvgIpc) is 3.13. The van der Waals surface area contributed by atoms with Crippen LogP contribution in [0.4, 0.5) is 0 Å². The molecular formula is C18H20ClN. The predicted octanol–water partition coefficient (Wildman–Crippen LogP) is 4.24. The fourth-order valence-electron chi connectivity index (χ4n) is 3.44. The first-order valence-electron chi connectivity index (χ1n) is 7.30. The van der Waals surface area contributed by atoms with Crippen LogP contribution >= 0.6 is 12.4 Å². The smallest absolute Gasteiger partial charge is 0.0328 e. The molecule has 3 atom stereocenters. The van der Waals surface area contributed by atoms with Gasteiger partial charge in [-0.15, -0.1) is 12.4 Å². The van der Waals surface area contributed by atoms with Crippen LogP contribution in [0.1, 0.15) is 41.5 Å². The second kappa shape index (κ2) is 5.59. The minimum Gasteiger partial charge on any atom is -0.307 e. The molecule has 0 saturated heterocycles. The van der Waals surface area contributed by atoms with Gasteiger partial charge >= 0.3 is 0 Å². The Labute approximate surface area is 126 Å². The fraction of sp³-hybridized carbons (Fsp3) is 0.333. The highest BCUT2D eigenvalue weighted by Crippen LogP contribution is 2.43. The highest BCUT2D eigenvalue weighted by atomic mass is 35.5. The van der Waals surface area contributed by atoms with Crippen LogP contribution in [0.3, 0.4) is 0 Å². The molecule has 4 rings (SSSR count). The topological polar surface area (TPSA) is 12.0 Å². The maximum Gasteiger partial charge on any atom is 0.0328 e. The second-order valence-electron chi connectivity index (χ2n) is 5.82. The highest BCUT2D eigenvalue weighted by molar-refractivity contribution is 5.85. The summed E-state index contributed by atoms with van der Waals surface area (Å²) in [5.41, 5.74) is 4.56. The van der Waals surface area contributed by atoms with Gasteiger partial charge in [-0.05, 0) is 36.0 Å². The first-order valence-corrected chi connectivity index (χ1v) is 7.30. The highest BCUT2D eigenvalue weighted by Gasteiger charge is 2.40. The van der Waals surface area contributed by atoms with E-state index in [0.717, 1.165) is 5.92 Å². The lowest BCUT2D eigenvalue weighted by Crippen LogP contribution is -2.22. The van der Waals surface area contributed by atoms with Crippen LogP contribution < -0.4 is 5.32 Å². The molecule has 1 nitrogen and oxygen atoms in total. The van der Waals surface area contributed by atoms with E-state index in [1.54, 1.807) is 0 Å². The van der Waals surface area contributed by atoms with Crippen molar-refractivity contribution >= 4 is 12.4 Å². The van der Waals surface area contributed by atoms with Gasteiger partial charge in [0.05, 0.1) is 0 Å². The van der Waals surface area contributed by atoms with Crippen LogP contribution in [0.25, 0.3) is 0 Å². The molecule has 104 valence electrons. The summed E-state index contributed by atoms with van der Waals surface area (Å²) in [6.45, 7) is 0. The van der Waals surface area contributed by atoms with Crippen molar-refractivity contribution in [1.29, 1.82) is 0 Å². The van der Waals surface area contributed by atoms with E-state index in [4.69, 9.17) is 0 Å². The Hall–Kier alpha value is -1.31. The van der Waals surface area contributed by atoms with E-state index in [1.807, 2.05) is 0 Å². The number of benzene rings is 2. The van der Waals surface area contributed by atoms with Crippen molar-refractivity contribution < 1.29 is 0 Å². The zero-order valence-corrected chi connectivity index (χ0v) is 12.3. The van der Waals surface area contributed by atoms with Crippen molar-refractivity contribution in [3.63, 3.8) is 0 Å². The van der Waals surface area contributed by atoms with E-state index in [9.17, 15) is 0 Å². The monoisotopic (exact) mass is 285 g/mol. The molecule has 0 aromatic heterocycles. The van der Waals surface area contributed by atoms with Gasteiger partial charge in [-0.1, -0.05) is 54.6 Å². The maximum atomic E-state index is 3.86. The van der Waals surface area contributed by atoms with Gasteiger partial charge in [0.15, 0.2) is 0 Å². The minimum atomic E-state index is 0. The predicted molar refractivity (Wildman–Crippen MR) is 85.5 cm³/mol. The fourth-order valence-corrected chi connectivity index (χ4v) is 3.44. The zero-order valence-electron chi connectivity index (χ0n) is 11.5. The maximum absolute atomic E-state index is 3.86. The molecule has 1 fully saturated rings. The second-order valence-corrected chi connectivity index (χ2v) is 5.82. The molecule has 2 aromatic carbocycles. The average molecular weight is 286 g/mol. The molecule has 3 unspecified atom stereocenters. The quantitative estimate of drug-likeness (QED) is 0.889. The Morgan fingerprint density at radius 3 is 2.50 bits per heavy atom. The lowest BCUT2D eigenvalue weighted by atomic mass is 10.1. The Morgan fingerprint density at radius 1 is 0.900 bits per heavy atom. The van der Waals surface area contributed by atoms with Crippen molar-refractivity contribution in [3.8, 4) is 0 Å². The summed E-state index contributed by atoms with van der Waals surface area (Å²) in [5.74, 6) is 0.731. The molecule has 0 bridgehead atoms. The molecule has 0 spiro atoms. The first kappa shape index (κ1) is 13.7. The van der Waals surface area contributed by atoms with Crippen molar-refractivity contribution in [3.05, 3.63) is 71.3 Å². The van der Waals surface area contributed by atoms with Crippen molar-refractivity contribution in [2.45, 2.75) is 37.3 Å². The summed E-state index contributed by atoms with van der Waals surface area (Å²) >= 11 is 0. The Kier molecular flexibility index (Phi) is 3.82. The number of fused-ring (bicyclic) bond motifs is 1. The molecule has 0 aliphatic heterocycles. The summed E-state index contributed by atoms with van der Waals surface area (Å²) in [5, 5.41) is 3.86. The van der Waals surface area contributed by atoms with Crippen molar-refractivity contribution in [2.24, 2.45) is 0 Å². The molecule has 0 heterocycles. The van der Waals surface area contributed by atoms with E-state index in [2.05, 4.69) is 59.9 Å². The molecule has 2 aliphatic carbocycles. The molecule has 1 N–H and O–H groups in total. The van der Waals surface area contributed by atoms with E-state index in [-0.39, 0.29) is 12.4 Å². The van der Waals surface area contributed by atoms with Crippen LogP contribution in [-0.4, -0.2) is 6.04 Å². The van der Waals surface area contributed by atoms with E-state index < -0.39 is 0 Å². The zero-order chi connectivity index (χ0) is 12.7. The standard InChI is InChI=1S/C18H19N.ClH/c1-2-6-13(7-3-1)16-12-18(16)19-17-11-10-14-8-4-5-9-15(14)17;/h1-9,16-19H,10-12H2;1H. The summed E-state index contributed by atoms with van der Waals surface area (Å²) in [6.07, 6.45) is 3.79. The number of rotatable bonds is 3. The molecule has 2 aliphatic rings. The van der Waals surface area contributed by atoms with E-state index in [1.165, 1.54) is 36.0 Å². The molecule has 2 aromatic rings. The van der Waals surface area contributed by atoms with Gasteiger partial charge in [0.2, 0.25) is 0 Å². The number of aryl methyl sites for hydroxylation is 1. The third kappa shape index (κ3) is 2.48. The Balaban J connectivity index is 0.00000121. The van der Waals surface area contributed by atoms with Crippen molar-refractivity contribution in [2.75, 3.05) is 0 Å².